The van der Waals surface area contributed by atoms with Crippen molar-refractivity contribution in [2.75, 3.05) is 59.1 Å². The average Bonchev–Trinajstić information content (AvgIpc) is 2.26. The van der Waals surface area contributed by atoms with E-state index in [2.05, 4.69) is 0 Å². The summed E-state index contributed by atoms with van der Waals surface area (Å²) in [6, 6.07) is 0. The second kappa shape index (κ2) is 9.87. The van der Waals surface area contributed by atoms with Gasteiger partial charge < -0.3 is 29.4 Å². The Bertz CT molecular complexity index is 482. The van der Waals surface area contributed by atoms with Crippen LogP contribution in [0.3, 0.4) is 0 Å². The normalized spacial score (nSPS) is 14.1. The van der Waals surface area contributed by atoms with E-state index in [0.29, 0.717) is 0 Å². The second-order valence-corrected chi connectivity index (χ2v) is 10.5. The van der Waals surface area contributed by atoms with Crippen molar-refractivity contribution >= 4 is 22.8 Å². The van der Waals surface area contributed by atoms with Crippen LogP contribution >= 0.6 is 22.8 Å². The molecule has 0 aromatic rings. The molecule has 0 heterocycles. The molecule has 12 nitrogen and oxygen atoms in total. The molecule has 0 saturated heterocycles. The Morgan fingerprint density at radius 2 is 0.875 bits per heavy atom. The maximum Gasteiger partial charge on any atom is 0.339 e. The number of hydrogen-bond donors (Lipinski definition) is 6. The highest BCUT2D eigenvalue weighted by molar-refractivity contribution is 7.52. The van der Waals surface area contributed by atoms with Gasteiger partial charge in [0.2, 0.25) is 0 Å². The first-order valence-corrected chi connectivity index (χ1v) is 12.2. The molecule has 0 aliphatic rings. The average molecular weight is 413 g/mol. The molecule has 146 valence electrons. The largest absolute Gasteiger partial charge is 0.339 e. The fourth-order valence-electron chi connectivity index (χ4n) is 1.91. The zero-order valence-corrected chi connectivity index (χ0v) is 16.2. The highest BCUT2D eigenvalue weighted by Gasteiger charge is 2.22. The molecule has 0 rings (SSSR count). The number of nitrogens with zero attached hydrogens (tertiary/aromatic N) is 3. The first kappa shape index (κ1) is 24.3. The van der Waals surface area contributed by atoms with Gasteiger partial charge in [-0.2, -0.15) is 0 Å². The van der Waals surface area contributed by atoms with Crippen LogP contribution in [0.15, 0.2) is 0 Å². The van der Waals surface area contributed by atoms with E-state index in [1.807, 2.05) is 0 Å². The predicted molar refractivity (Wildman–Crippen MR) is 87.6 cm³/mol. The van der Waals surface area contributed by atoms with E-state index in [4.69, 9.17) is 29.4 Å². The van der Waals surface area contributed by atoms with E-state index >= 15 is 0 Å². The molecule has 0 atom stereocenters. The van der Waals surface area contributed by atoms with E-state index in [1.165, 1.54) is 28.8 Å². The Morgan fingerprint density at radius 1 is 0.583 bits per heavy atom. The molecule has 0 saturated carbocycles. The van der Waals surface area contributed by atoms with Crippen LogP contribution in [0.4, 0.5) is 0 Å². The SMILES string of the molecule is CN(CCN(CCN(C)CP(=O)(O)O)CP(=O)(O)O)CP(=O)(O)O. The van der Waals surface area contributed by atoms with Crippen molar-refractivity contribution in [3.05, 3.63) is 0 Å². The molecule has 0 unspecified atom stereocenters. The van der Waals surface area contributed by atoms with Crippen molar-refractivity contribution in [1.82, 2.24) is 14.7 Å². The van der Waals surface area contributed by atoms with Crippen molar-refractivity contribution in [2.24, 2.45) is 0 Å². The van der Waals surface area contributed by atoms with Gasteiger partial charge in [0.25, 0.3) is 0 Å². The molecule has 24 heavy (non-hydrogen) atoms. The fraction of sp³-hybridized carbons (Fsp3) is 1.00. The first-order chi connectivity index (χ1) is 10.6. The van der Waals surface area contributed by atoms with E-state index in [0.717, 1.165) is 0 Å². The van der Waals surface area contributed by atoms with Gasteiger partial charge >= 0.3 is 22.8 Å². The summed E-state index contributed by atoms with van der Waals surface area (Å²) >= 11 is 0. The Balaban J connectivity index is 4.56. The molecule has 0 aromatic carbocycles. The van der Waals surface area contributed by atoms with Crippen LogP contribution < -0.4 is 0 Å². The van der Waals surface area contributed by atoms with Crippen LogP contribution in [-0.2, 0) is 13.7 Å². The zero-order chi connectivity index (χ0) is 19.2. The predicted octanol–water partition coefficient (Wildman–Crippen LogP) is -1.44. The lowest BCUT2D eigenvalue weighted by Gasteiger charge is -2.27. The van der Waals surface area contributed by atoms with Crippen LogP contribution in [0.5, 0.6) is 0 Å². The fourth-order valence-corrected chi connectivity index (χ4v) is 4.25. The summed E-state index contributed by atoms with van der Waals surface area (Å²) in [5.74, 6) is 0. The third-order valence-electron chi connectivity index (χ3n) is 2.83. The van der Waals surface area contributed by atoms with Gasteiger partial charge in [0, 0.05) is 26.2 Å². The van der Waals surface area contributed by atoms with Crippen molar-refractivity contribution in [3.8, 4) is 0 Å². The quantitative estimate of drug-likeness (QED) is 0.205. The van der Waals surface area contributed by atoms with Gasteiger partial charge in [0.15, 0.2) is 0 Å². The summed E-state index contributed by atoms with van der Waals surface area (Å²) in [5.41, 5.74) is 0. The Morgan fingerprint density at radius 3 is 1.12 bits per heavy atom. The third kappa shape index (κ3) is 15.8. The van der Waals surface area contributed by atoms with Gasteiger partial charge in [-0.05, 0) is 14.1 Å². The van der Waals surface area contributed by atoms with Gasteiger partial charge in [0.05, 0.1) is 0 Å². The van der Waals surface area contributed by atoms with Gasteiger partial charge in [-0.15, -0.1) is 0 Å². The van der Waals surface area contributed by atoms with E-state index in [9.17, 15) is 13.7 Å². The summed E-state index contributed by atoms with van der Waals surface area (Å²) in [7, 11) is -9.84. The van der Waals surface area contributed by atoms with Crippen molar-refractivity contribution in [1.29, 1.82) is 0 Å². The molecular weight excluding hydrogens is 387 g/mol. The summed E-state index contributed by atoms with van der Waals surface area (Å²) in [6.07, 6.45) is -1.51. The van der Waals surface area contributed by atoms with E-state index in [-0.39, 0.29) is 26.2 Å². The molecule has 6 N–H and O–H groups in total. The summed E-state index contributed by atoms with van der Waals surface area (Å²) in [4.78, 5) is 57.7. The van der Waals surface area contributed by atoms with Crippen LogP contribution in [-0.4, -0.2) is 103 Å². The molecule has 0 fully saturated rings. The standard InChI is InChI=1S/C9H26N3O9P3/c1-10(7-22(13,14)15)3-5-12(9-24(19,20)21)6-4-11(2)8-23(16,17)18/h3-9H2,1-2H3,(H2,13,14,15)(H2,16,17,18)(H2,19,20,21). The van der Waals surface area contributed by atoms with Gasteiger partial charge in [-0.1, -0.05) is 0 Å². The van der Waals surface area contributed by atoms with Crippen LogP contribution in [0.1, 0.15) is 0 Å². The molecule has 0 radical (unpaired) electrons. The smallest absolute Gasteiger partial charge is 0.324 e. The van der Waals surface area contributed by atoms with Gasteiger partial charge in [-0.25, -0.2) is 0 Å². The topological polar surface area (TPSA) is 182 Å². The van der Waals surface area contributed by atoms with Gasteiger partial charge in [0.1, 0.15) is 18.9 Å². The molecule has 0 amide bonds. The molecular formula is C9H26N3O9P3. The summed E-state index contributed by atoms with van der Waals surface area (Å²) in [5, 5.41) is 0. The van der Waals surface area contributed by atoms with Crippen molar-refractivity contribution in [3.63, 3.8) is 0 Å². The molecule has 0 bridgehead atoms. The number of hydrogen-bond acceptors (Lipinski definition) is 6. The lowest BCUT2D eigenvalue weighted by molar-refractivity contribution is 0.212. The van der Waals surface area contributed by atoms with E-state index in [1.54, 1.807) is 0 Å². The molecule has 0 aliphatic carbocycles. The Hall–Kier alpha value is 0.330. The maximum atomic E-state index is 11.2. The minimum atomic E-state index is -4.34. The lowest BCUT2D eigenvalue weighted by Crippen LogP contribution is -2.39. The molecule has 0 aromatic heterocycles. The Labute approximate surface area is 140 Å². The summed E-state index contributed by atoms with van der Waals surface area (Å²) in [6.45, 7) is 0.581. The van der Waals surface area contributed by atoms with Crippen LogP contribution in [0.25, 0.3) is 0 Å². The number of likely N-dealkylation sites (N-methyl/N-ethyl adjacent to an activating group) is 2. The number of rotatable bonds is 12. The highest BCUT2D eigenvalue weighted by Crippen LogP contribution is 2.36. The van der Waals surface area contributed by atoms with Crippen molar-refractivity contribution < 1.29 is 43.1 Å². The molecule has 15 heteroatoms. The van der Waals surface area contributed by atoms with Gasteiger partial charge in [-0.3, -0.25) is 28.4 Å². The second-order valence-electron chi connectivity index (χ2n) is 5.70. The van der Waals surface area contributed by atoms with Crippen LogP contribution in [0, 0.1) is 0 Å². The molecule has 0 spiro atoms. The minimum absolute atomic E-state index is 0.130. The molecule has 0 aliphatic heterocycles. The minimum Gasteiger partial charge on any atom is -0.324 e. The zero-order valence-electron chi connectivity index (χ0n) is 13.5. The third-order valence-corrected chi connectivity index (χ3v) is 5.30. The maximum absolute atomic E-state index is 11.2. The van der Waals surface area contributed by atoms with E-state index < -0.39 is 41.6 Å². The Kier molecular flexibility index (Phi) is 10.0. The monoisotopic (exact) mass is 413 g/mol. The van der Waals surface area contributed by atoms with Crippen LogP contribution in [0.2, 0.25) is 0 Å². The lowest BCUT2D eigenvalue weighted by atomic mass is 10.4. The van der Waals surface area contributed by atoms with Crippen molar-refractivity contribution in [2.45, 2.75) is 0 Å². The highest BCUT2D eigenvalue weighted by atomic mass is 31.2. The first-order valence-electron chi connectivity index (χ1n) is 6.80. The summed E-state index contributed by atoms with van der Waals surface area (Å²) < 4.78 is 33.0.